The molecule has 0 saturated carbocycles. The minimum absolute atomic E-state index is 0.0760. The van der Waals surface area contributed by atoms with Crippen LogP contribution in [-0.4, -0.2) is 41.8 Å². The zero-order valence-corrected chi connectivity index (χ0v) is 16.7. The number of hydrogen-bond donors (Lipinski definition) is 2. The molecule has 1 aromatic carbocycles. The molecule has 0 fully saturated rings. The molecule has 0 aromatic heterocycles. The summed E-state index contributed by atoms with van der Waals surface area (Å²) in [6, 6.07) is 1.69. The van der Waals surface area contributed by atoms with Gasteiger partial charge in [-0.05, 0) is 29.8 Å². The van der Waals surface area contributed by atoms with Gasteiger partial charge in [0, 0.05) is 11.0 Å². The van der Waals surface area contributed by atoms with E-state index < -0.39 is 53.8 Å². The normalized spacial score (nSPS) is 15.7. The lowest BCUT2D eigenvalue weighted by Gasteiger charge is -2.25. The lowest BCUT2D eigenvalue weighted by atomic mass is 10.2. The van der Waals surface area contributed by atoms with E-state index in [2.05, 4.69) is 14.6 Å². The van der Waals surface area contributed by atoms with Gasteiger partial charge in [0.25, 0.3) is 0 Å². The molecule has 2 rings (SSSR count). The fourth-order valence-electron chi connectivity index (χ4n) is 2.27. The van der Waals surface area contributed by atoms with E-state index in [1.165, 1.54) is 6.92 Å². The summed E-state index contributed by atoms with van der Waals surface area (Å²) in [7, 11) is 0. The zero-order valence-electron chi connectivity index (χ0n) is 15.9. The Balaban J connectivity index is 2.32. The van der Waals surface area contributed by atoms with E-state index in [9.17, 15) is 43.9 Å². The standard InChI is InChI=1S/C16H11F10N3O3S/c1-7-2-9(17)10(4-11(7)33-6-14(19,20)21)29-8(5-27-30)3-12(28-29)31-15(22,23)13(18)32-16(24,25)26/h2-4,13,28,30H,6H2,1H3. The molecule has 0 aliphatic carbocycles. The zero-order chi connectivity index (χ0) is 25.2. The molecule has 0 saturated heterocycles. The van der Waals surface area contributed by atoms with E-state index in [1.807, 2.05) is 5.43 Å². The number of hydrazine groups is 1. The van der Waals surface area contributed by atoms with E-state index in [0.717, 1.165) is 12.1 Å². The molecule has 0 amide bonds. The van der Waals surface area contributed by atoms with Crippen molar-refractivity contribution in [3.8, 4) is 0 Å². The summed E-state index contributed by atoms with van der Waals surface area (Å²) in [5, 5.41) is 11.6. The average molecular weight is 515 g/mol. The van der Waals surface area contributed by atoms with Crippen LogP contribution in [-0.2, 0) is 9.47 Å². The van der Waals surface area contributed by atoms with E-state index in [4.69, 9.17) is 5.21 Å². The van der Waals surface area contributed by atoms with E-state index in [0.29, 0.717) is 11.1 Å². The van der Waals surface area contributed by atoms with Gasteiger partial charge < -0.3 is 9.94 Å². The Morgan fingerprint density at radius 1 is 1.18 bits per heavy atom. The molecule has 1 atom stereocenters. The van der Waals surface area contributed by atoms with Crippen LogP contribution in [0.3, 0.4) is 0 Å². The maximum Gasteiger partial charge on any atom is 0.525 e. The molecule has 2 N–H and O–H groups in total. The van der Waals surface area contributed by atoms with Crippen LogP contribution in [0.25, 0.3) is 0 Å². The van der Waals surface area contributed by atoms with Gasteiger partial charge in [0.1, 0.15) is 17.2 Å². The van der Waals surface area contributed by atoms with Crippen molar-refractivity contribution in [2.24, 2.45) is 5.16 Å². The van der Waals surface area contributed by atoms with E-state index in [-0.39, 0.29) is 22.2 Å². The SMILES string of the molecule is Cc1cc(F)c(N2NC(OC(F)(F)C(F)OC(F)(F)F)=CC2=C=NO)cc1SCC(F)(F)F. The van der Waals surface area contributed by atoms with Crippen molar-refractivity contribution in [3.63, 3.8) is 0 Å². The maximum atomic E-state index is 14.5. The van der Waals surface area contributed by atoms with Crippen molar-refractivity contribution in [2.45, 2.75) is 36.8 Å². The van der Waals surface area contributed by atoms with E-state index >= 15 is 0 Å². The molecular weight excluding hydrogens is 504 g/mol. The molecular formula is C16H11F10N3O3S. The summed E-state index contributed by atoms with van der Waals surface area (Å²) >= 11 is 0.281. The number of thioether (sulfide) groups is 1. The maximum absolute atomic E-state index is 14.5. The lowest BCUT2D eigenvalue weighted by Crippen LogP contribution is -2.41. The summed E-state index contributed by atoms with van der Waals surface area (Å²) in [6.45, 7) is 1.30. The van der Waals surface area contributed by atoms with Gasteiger partial charge in [-0.2, -0.15) is 22.0 Å². The molecule has 0 radical (unpaired) electrons. The largest absolute Gasteiger partial charge is 0.525 e. The van der Waals surface area contributed by atoms with Crippen LogP contribution >= 0.6 is 11.8 Å². The number of hydrogen-bond acceptors (Lipinski definition) is 7. The van der Waals surface area contributed by atoms with Crippen molar-refractivity contribution >= 4 is 23.3 Å². The summed E-state index contributed by atoms with van der Waals surface area (Å²) in [4.78, 5) is -0.0760. The Morgan fingerprint density at radius 2 is 1.82 bits per heavy atom. The number of alkyl halides is 9. The van der Waals surface area contributed by atoms with Crippen LogP contribution in [0.4, 0.5) is 49.6 Å². The second kappa shape index (κ2) is 9.61. The molecule has 184 valence electrons. The number of benzene rings is 1. The first kappa shape index (κ1) is 26.5. The highest BCUT2D eigenvalue weighted by Gasteiger charge is 2.51. The Labute approximate surface area is 182 Å². The quantitative estimate of drug-likeness (QED) is 0.168. The van der Waals surface area contributed by atoms with Crippen LogP contribution in [0.2, 0.25) is 0 Å². The minimum Gasteiger partial charge on any atom is -0.411 e. The first-order valence-electron chi connectivity index (χ1n) is 8.23. The van der Waals surface area contributed by atoms with Gasteiger partial charge in [-0.25, -0.2) is 18.5 Å². The number of halogens is 10. The summed E-state index contributed by atoms with van der Waals surface area (Å²) in [5.74, 6) is -1.81. The Bertz CT molecular complexity index is 974. The third kappa shape index (κ3) is 7.36. The minimum atomic E-state index is -5.76. The topological polar surface area (TPSA) is 66.3 Å². The molecule has 0 spiro atoms. The molecule has 1 aliphatic rings. The van der Waals surface area contributed by atoms with Crippen molar-refractivity contribution in [1.82, 2.24) is 5.43 Å². The number of nitrogens with one attached hydrogen (secondary N) is 1. The number of nitrogens with zero attached hydrogens (tertiary/aromatic N) is 2. The molecule has 0 bridgehead atoms. The Morgan fingerprint density at radius 3 is 2.36 bits per heavy atom. The predicted molar refractivity (Wildman–Crippen MR) is 92.4 cm³/mol. The van der Waals surface area contributed by atoms with Crippen LogP contribution in [0, 0.1) is 12.7 Å². The number of aryl methyl sites for hydroxylation is 1. The van der Waals surface area contributed by atoms with Gasteiger partial charge >= 0.3 is 25.0 Å². The van der Waals surface area contributed by atoms with E-state index in [1.54, 1.807) is 5.87 Å². The third-order valence-corrected chi connectivity index (χ3v) is 4.74. The van der Waals surface area contributed by atoms with Crippen LogP contribution in [0.15, 0.2) is 39.8 Å². The van der Waals surface area contributed by atoms with Crippen LogP contribution < -0.4 is 10.4 Å². The van der Waals surface area contributed by atoms with Gasteiger partial charge in [0.2, 0.25) is 5.88 Å². The first-order chi connectivity index (χ1) is 15.0. The number of allylic oxidation sites excluding steroid dienone is 1. The van der Waals surface area contributed by atoms with Gasteiger partial charge in [0.15, 0.2) is 0 Å². The number of rotatable bonds is 7. The molecule has 1 heterocycles. The molecule has 1 aromatic rings. The third-order valence-electron chi connectivity index (χ3n) is 3.52. The summed E-state index contributed by atoms with van der Waals surface area (Å²) in [5.41, 5.74) is 0.834. The number of ether oxygens (including phenoxy) is 2. The number of anilines is 1. The second-order valence-electron chi connectivity index (χ2n) is 6.07. The van der Waals surface area contributed by atoms with Crippen molar-refractivity contribution < 1.29 is 58.6 Å². The summed E-state index contributed by atoms with van der Waals surface area (Å²) in [6.07, 6.45) is -19.3. The monoisotopic (exact) mass is 515 g/mol. The average Bonchev–Trinajstić information content (AvgIpc) is 3.00. The molecule has 1 unspecified atom stereocenters. The second-order valence-corrected chi connectivity index (χ2v) is 7.09. The van der Waals surface area contributed by atoms with Gasteiger partial charge in [-0.3, -0.25) is 5.43 Å². The van der Waals surface area contributed by atoms with Crippen molar-refractivity contribution in [3.05, 3.63) is 41.2 Å². The van der Waals surface area contributed by atoms with Crippen LogP contribution in [0.5, 0.6) is 0 Å². The smallest absolute Gasteiger partial charge is 0.411 e. The lowest BCUT2D eigenvalue weighted by molar-refractivity contribution is -0.418. The first-order valence-corrected chi connectivity index (χ1v) is 9.21. The van der Waals surface area contributed by atoms with Gasteiger partial charge in [-0.15, -0.1) is 24.9 Å². The Kier molecular flexibility index (Phi) is 7.71. The highest BCUT2D eigenvalue weighted by molar-refractivity contribution is 7.99. The van der Waals surface area contributed by atoms with Crippen molar-refractivity contribution in [1.29, 1.82) is 0 Å². The molecule has 1 aliphatic heterocycles. The van der Waals surface area contributed by atoms with Crippen molar-refractivity contribution in [2.75, 3.05) is 10.8 Å². The highest BCUT2D eigenvalue weighted by atomic mass is 32.2. The Hall–Kier alpha value is -2.78. The predicted octanol–water partition coefficient (Wildman–Crippen LogP) is 5.34. The van der Waals surface area contributed by atoms with Crippen LogP contribution in [0.1, 0.15) is 5.56 Å². The molecule has 17 heteroatoms. The highest BCUT2D eigenvalue weighted by Crippen LogP contribution is 2.37. The fraction of sp³-hybridized carbons (Fsp3) is 0.375. The fourth-order valence-corrected chi connectivity index (χ4v) is 3.08. The summed E-state index contributed by atoms with van der Waals surface area (Å²) < 4.78 is 135. The van der Waals surface area contributed by atoms with Gasteiger partial charge in [-0.1, -0.05) is 0 Å². The molecule has 6 nitrogen and oxygen atoms in total. The van der Waals surface area contributed by atoms with Gasteiger partial charge in [0.05, 0.1) is 11.6 Å². The molecule has 33 heavy (non-hydrogen) atoms.